The fourth-order valence-electron chi connectivity index (χ4n) is 2.58. The summed E-state index contributed by atoms with van der Waals surface area (Å²) in [5.41, 5.74) is 1.02. The summed E-state index contributed by atoms with van der Waals surface area (Å²) in [7, 11) is 3.51. The molecule has 0 spiro atoms. The van der Waals surface area contributed by atoms with Gasteiger partial charge in [-0.05, 0) is 37.6 Å². The topological polar surface area (TPSA) is 41.6 Å². The number of carbonyl (C=O) groups excluding carboxylic acids is 1. The lowest BCUT2D eigenvalue weighted by Crippen LogP contribution is -2.41. The van der Waals surface area contributed by atoms with Crippen LogP contribution in [0.4, 0.5) is 0 Å². The number of carbonyl (C=O) groups is 1. The predicted octanol–water partition coefficient (Wildman–Crippen LogP) is 2.42. The molecule has 1 aliphatic heterocycles. The molecule has 1 unspecified atom stereocenters. The zero-order chi connectivity index (χ0) is 14.5. The van der Waals surface area contributed by atoms with Gasteiger partial charge in [0.1, 0.15) is 5.75 Å². The minimum Gasteiger partial charge on any atom is -0.496 e. The fraction of sp³-hybridized carbons (Fsp3) is 0.533. The second-order valence-corrected chi connectivity index (χ2v) is 6.11. The molecule has 0 radical (unpaired) electrons. The molecule has 4 nitrogen and oxygen atoms in total. The van der Waals surface area contributed by atoms with E-state index in [0.717, 1.165) is 41.7 Å². The number of rotatable bonds is 4. The highest BCUT2D eigenvalue weighted by Crippen LogP contribution is 2.25. The van der Waals surface area contributed by atoms with E-state index in [2.05, 4.69) is 21.2 Å². The molecule has 1 aromatic carbocycles. The van der Waals surface area contributed by atoms with Gasteiger partial charge in [0.15, 0.2) is 0 Å². The van der Waals surface area contributed by atoms with Crippen molar-refractivity contribution >= 4 is 21.8 Å². The summed E-state index contributed by atoms with van der Waals surface area (Å²) in [4.78, 5) is 14.2. The van der Waals surface area contributed by atoms with E-state index in [0.29, 0.717) is 6.54 Å². The number of nitrogens with zero attached hydrogens (tertiary/aromatic N) is 1. The number of piperidine rings is 1. The molecule has 0 aromatic heterocycles. The van der Waals surface area contributed by atoms with Crippen LogP contribution in [0.25, 0.3) is 0 Å². The van der Waals surface area contributed by atoms with Crippen molar-refractivity contribution in [1.29, 1.82) is 0 Å². The Morgan fingerprint density at radius 3 is 3.00 bits per heavy atom. The minimum atomic E-state index is 0.104. The molecule has 1 amide bonds. The Kier molecular flexibility index (Phi) is 5.43. The molecule has 0 saturated carbocycles. The van der Waals surface area contributed by atoms with Gasteiger partial charge < -0.3 is 15.0 Å². The molecule has 20 heavy (non-hydrogen) atoms. The Hall–Kier alpha value is -1.07. The molecule has 110 valence electrons. The summed E-state index contributed by atoms with van der Waals surface area (Å²) in [6, 6.07) is 5.86. The lowest BCUT2D eigenvalue weighted by atomic mass is 9.98. The first-order valence-electron chi connectivity index (χ1n) is 6.90. The molecule has 0 aliphatic carbocycles. The van der Waals surface area contributed by atoms with Crippen LogP contribution in [-0.4, -0.2) is 38.1 Å². The molecule has 1 N–H and O–H groups in total. The Morgan fingerprint density at radius 2 is 2.35 bits per heavy atom. The number of amides is 1. The molecule has 1 heterocycles. The first-order valence-corrected chi connectivity index (χ1v) is 7.69. The van der Waals surface area contributed by atoms with Crippen molar-refractivity contribution in [2.45, 2.75) is 19.4 Å². The number of ether oxygens (including phenoxy) is 1. The van der Waals surface area contributed by atoms with Crippen LogP contribution in [0.5, 0.6) is 5.75 Å². The van der Waals surface area contributed by atoms with Gasteiger partial charge in [0.25, 0.3) is 0 Å². The maximum atomic E-state index is 12.4. The number of benzene rings is 1. The van der Waals surface area contributed by atoms with Gasteiger partial charge in [0.05, 0.1) is 13.0 Å². The van der Waals surface area contributed by atoms with Crippen molar-refractivity contribution in [3.05, 3.63) is 28.2 Å². The third kappa shape index (κ3) is 3.73. The van der Waals surface area contributed by atoms with Crippen LogP contribution in [0.3, 0.4) is 0 Å². The van der Waals surface area contributed by atoms with Crippen LogP contribution in [0.2, 0.25) is 0 Å². The van der Waals surface area contributed by atoms with E-state index < -0.39 is 0 Å². The molecule has 0 bridgehead atoms. The summed E-state index contributed by atoms with van der Waals surface area (Å²) in [6.45, 7) is 2.38. The summed E-state index contributed by atoms with van der Waals surface area (Å²) in [5.74, 6) is 1.13. The van der Waals surface area contributed by atoms with Crippen LogP contribution < -0.4 is 10.1 Å². The van der Waals surface area contributed by atoms with Gasteiger partial charge in [-0.15, -0.1) is 0 Å². The maximum Gasteiger partial charge on any atom is 0.227 e. The van der Waals surface area contributed by atoms with Crippen molar-refractivity contribution < 1.29 is 9.53 Å². The van der Waals surface area contributed by atoms with Crippen LogP contribution >= 0.6 is 15.9 Å². The van der Waals surface area contributed by atoms with Gasteiger partial charge in [-0.1, -0.05) is 15.9 Å². The number of hydrogen-bond donors (Lipinski definition) is 1. The summed E-state index contributed by atoms with van der Waals surface area (Å²) in [6.07, 6.45) is 2.05. The molecule has 1 atom stereocenters. The highest BCUT2D eigenvalue weighted by atomic mass is 79.9. The Balaban J connectivity index is 2.04. The van der Waals surface area contributed by atoms with Gasteiger partial charge in [-0.3, -0.25) is 4.79 Å². The van der Waals surface area contributed by atoms with Crippen LogP contribution in [0.15, 0.2) is 22.7 Å². The van der Waals surface area contributed by atoms with E-state index >= 15 is 0 Å². The van der Waals surface area contributed by atoms with Gasteiger partial charge in [-0.2, -0.15) is 0 Å². The number of nitrogens with one attached hydrogen (secondary N) is 1. The second-order valence-electron chi connectivity index (χ2n) is 5.19. The van der Waals surface area contributed by atoms with Crippen molar-refractivity contribution in [1.82, 2.24) is 10.2 Å². The molecule has 1 saturated heterocycles. The maximum absolute atomic E-state index is 12.4. The van der Waals surface area contributed by atoms with Gasteiger partial charge in [-0.25, -0.2) is 0 Å². The largest absolute Gasteiger partial charge is 0.496 e. The summed E-state index contributed by atoms with van der Waals surface area (Å²) < 4.78 is 6.35. The SMILES string of the molecule is COc1ccc(Br)cc1CN(C)C(=O)C1CCCNC1. The zero-order valence-corrected chi connectivity index (χ0v) is 13.6. The van der Waals surface area contributed by atoms with Crippen LogP contribution in [-0.2, 0) is 11.3 Å². The molecule has 5 heteroatoms. The lowest BCUT2D eigenvalue weighted by Gasteiger charge is -2.27. The lowest BCUT2D eigenvalue weighted by molar-refractivity contribution is -0.135. The quantitative estimate of drug-likeness (QED) is 0.915. The first kappa shape index (κ1) is 15.3. The Bertz CT molecular complexity index is 473. The van der Waals surface area contributed by atoms with Crippen LogP contribution in [0, 0.1) is 5.92 Å². The normalized spacial score (nSPS) is 18.6. The second kappa shape index (κ2) is 7.09. The molecule has 1 fully saturated rings. The van der Waals surface area contributed by atoms with Crippen molar-refractivity contribution in [2.75, 3.05) is 27.2 Å². The van der Waals surface area contributed by atoms with E-state index in [1.807, 2.05) is 25.2 Å². The molecular weight excluding hydrogens is 320 g/mol. The van der Waals surface area contributed by atoms with E-state index in [9.17, 15) is 4.79 Å². The summed E-state index contributed by atoms with van der Waals surface area (Å²) in [5, 5.41) is 3.29. The van der Waals surface area contributed by atoms with E-state index in [-0.39, 0.29) is 11.8 Å². The average molecular weight is 341 g/mol. The average Bonchev–Trinajstić information content (AvgIpc) is 2.47. The standard InChI is InChI=1S/C15H21BrN2O2/c1-18(15(19)11-4-3-7-17-9-11)10-12-8-13(16)5-6-14(12)20-2/h5-6,8,11,17H,3-4,7,9-10H2,1-2H3. The van der Waals surface area contributed by atoms with E-state index in [1.54, 1.807) is 12.0 Å². The molecule has 2 rings (SSSR count). The monoisotopic (exact) mass is 340 g/mol. The van der Waals surface area contributed by atoms with Crippen molar-refractivity contribution in [3.8, 4) is 5.75 Å². The third-order valence-electron chi connectivity index (χ3n) is 3.67. The highest BCUT2D eigenvalue weighted by Gasteiger charge is 2.24. The third-order valence-corrected chi connectivity index (χ3v) is 4.17. The number of methoxy groups -OCH3 is 1. The Labute approximate surface area is 128 Å². The fourth-order valence-corrected chi connectivity index (χ4v) is 2.99. The number of halogens is 1. The van der Waals surface area contributed by atoms with E-state index in [4.69, 9.17) is 4.74 Å². The molecule has 1 aromatic rings. The van der Waals surface area contributed by atoms with Gasteiger partial charge >= 0.3 is 0 Å². The van der Waals surface area contributed by atoms with Gasteiger partial charge in [0, 0.05) is 30.2 Å². The first-order chi connectivity index (χ1) is 9.61. The van der Waals surface area contributed by atoms with Crippen molar-refractivity contribution in [2.24, 2.45) is 5.92 Å². The summed E-state index contributed by atoms with van der Waals surface area (Å²) >= 11 is 3.46. The van der Waals surface area contributed by atoms with Crippen molar-refractivity contribution in [3.63, 3.8) is 0 Å². The number of hydrogen-bond acceptors (Lipinski definition) is 3. The minimum absolute atomic E-state index is 0.104. The van der Waals surface area contributed by atoms with Gasteiger partial charge in [0.2, 0.25) is 5.91 Å². The van der Waals surface area contributed by atoms with Crippen LogP contribution in [0.1, 0.15) is 18.4 Å². The molecular formula is C15H21BrN2O2. The molecule has 1 aliphatic rings. The van der Waals surface area contributed by atoms with E-state index in [1.165, 1.54) is 0 Å². The Morgan fingerprint density at radius 1 is 1.55 bits per heavy atom. The zero-order valence-electron chi connectivity index (χ0n) is 12.0. The highest BCUT2D eigenvalue weighted by molar-refractivity contribution is 9.10. The predicted molar refractivity (Wildman–Crippen MR) is 82.8 cm³/mol. The smallest absolute Gasteiger partial charge is 0.227 e.